The minimum Gasteiger partial charge on any atom is -0.339 e. The minimum absolute atomic E-state index is 0.0935. The normalized spacial score (nSPS) is 20.2. The number of carbonyl (C=O) groups excluding carboxylic acids is 1. The maximum atomic E-state index is 12.9. The maximum absolute atomic E-state index is 12.9. The zero-order valence-corrected chi connectivity index (χ0v) is 15.8. The highest BCUT2D eigenvalue weighted by molar-refractivity contribution is 7.98. The van der Waals surface area contributed by atoms with E-state index in [1.165, 1.54) is 0 Å². The van der Waals surface area contributed by atoms with Crippen LogP contribution in [-0.4, -0.2) is 57.4 Å². The fraction of sp³-hybridized carbons (Fsp3) is 0.556. The van der Waals surface area contributed by atoms with Crippen LogP contribution in [0.5, 0.6) is 0 Å². The van der Waals surface area contributed by atoms with Crippen LogP contribution in [-0.2, 0) is 14.6 Å². The molecule has 0 radical (unpaired) electrons. The van der Waals surface area contributed by atoms with Crippen LogP contribution < -0.4 is 0 Å². The monoisotopic (exact) mass is 363 g/mol. The number of carbonyl (C=O) groups is 1. The second kappa shape index (κ2) is 7.54. The van der Waals surface area contributed by atoms with Gasteiger partial charge in [0.15, 0.2) is 9.84 Å². The molecule has 2 aliphatic rings. The first-order valence-corrected chi connectivity index (χ1v) is 9.92. The molecule has 1 aliphatic heterocycles. The zero-order valence-electron chi connectivity index (χ0n) is 15.0. The minimum atomic E-state index is -3.55. The summed E-state index contributed by atoms with van der Waals surface area (Å²) in [6.45, 7) is 6.99. The van der Waals surface area contributed by atoms with E-state index in [0.717, 1.165) is 43.2 Å². The van der Waals surface area contributed by atoms with Crippen LogP contribution in [0.15, 0.2) is 34.1 Å². The Morgan fingerprint density at radius 3 is 2.36 bits per heavy atom. The summed E-state index contributed by atoms with van der Waals surface area (Å²) in [5.41, 5.74) is 0.295. The van der Waals surface area contributed by atoms with Gasteiger partial charge in [-0.05, 0) is 39.8 Å². The Morgan fingerprint density at radius 2 is 1.84 bits per heavy atom. The molecule has 0 aromatic heterocycles. The third-order valence-corrected chi connectivity index (χ3v) is 6.49. The molecule has 2 rings (SSSR count). The Bertz CT molecular complexity index is 762. The van der Waals surface area contributed by atoms with Crippen molar-refractivity contribution in [2.45, 2.75) is 26.7 Å². The predicted molar refractivity (Wildman–Crippen MR) is 96.9 cm³/mol. The summed E-state index contributed by atoms with van der Waals surface area (Å²) < 4.78 is 24.2. The zero-order chi connectivity index (χ0) is 18.7. The molecule has 0 saturated carbocycles. The number of sulfone groups is 1. The number of rotatable bonds is 4. The van der Waals surface area contributed by atoms with Crippen molar-refractivity contribution in [3.8, 4) is 6.07 Å². The first-order valence-electron chi connectivity index (χ1n) is 8.38. The van der Waals surface area contributed by atoms with Gasteiger partial charge in [-0.25, -0.2) is 8.42 Å². The quantitative estimate of drug-likeness (QED) is 0.712. The highest BCUT2D eigenvalue weighted by atomic mass is 32.2. The number of hydrogen-bond donors (Lipinski definition) is 0. The van der Waals surface area contributed by atoms with Crippen molar-refractivity contribution in [2.75, 3.05) is 33.2 Å². The molecule has 1 fully saturated rings. The Labute approximate surface area is 150 Å². The molecule has 1 amide bonds. The van der Waals surface area contributed by atoms with Crippen LogP contribution in [0, 0.1) is 16.7 Å². The Hall–Kier alpha value is -1.91. The fourth-order valence-corrected chi connectivity index (χ4v) is 4.18. The van der Waals surface area contributed by atoms with E-state index in [-0.39, 0.29) is 10.8 Å². The van der Waals surface area contributed by atoms with Crippen LogP contribution in [0.3, 0.4) is 0 Å². The summed E-state index contributed by atoms with van der Waals surface area (Å²) >= 11 is 0. The van der Waals surface area contributed by atoms with Crippen LogP contribution >= 0.6 is 0 Å². The van der Waals surface area contributed by atoms with E-state index in [1.54, 1.807) is 18.2 Å². The molecule has 0 N–H and O–H groups in total. The largest absolute Gasteiger partial charge is 0.339 e. The van der Waals surface area contributed by atoms with Gasteiger partial charge in [0, 0.05) is 42.6 Å². The summed E-state index contributed by atoms with van der Waals surface area (Å²) in [6.07, 6.45) is 5.16. The van der Waals surface area contributed by atoms with E-state index in [2.05, 4.69) is 4.90 Å². The molecule has 25 heavy (non-hydrogen) atoms. The predicted octanol–water partition coefficient (Wildman–Crippen LogP) is 1.84. The van der Waals surface area contributed by atoms with Gasteiger partial charge in [0.2, 0.25) is 5.91 Å². The molecule has 0 aromatic carbocycles. The lowest BCUT2D eigenvalue weighted by Gasteiger charge is -2.38. The summed E-state index contributed by atoms with van der Waals surface area (Å²) in [4.78, 5) is 17.3. The van der Waals surface area contributed by atoms with Gasteiger partial charge in [0.05, 0.1) is 11.5 Å². The Kier molecular flexibility index (Phi) is 5.86. The van der Waals surface area contributed by atoms with Gasteiger partial charge in [0.25, 0.3) is 0 Å². The molecule has 0 atom stereocenters. The van der Waals surface area contributed by atoms with Crippen molar-refractivity contribution in [1.82, 2.24) is 9.80 Å². The van der Waals surface area contributed by atoms with Crippen LogP contribution in [0.25, 0.3) is 0 Å². The van der Waals surface area contributed by atoms with Crippen molar-refractivity contribution in [3.63, 3.8) is 0 Å². The lowest BCUT2D eigenvalue weighted by molar-refractivity contribution is -0.140. The summed E-state index contributed by atoms with van der Waals surface area (Å²) in [6, 6.07) is 1.69. The topological polar surface area (TPSA) is 81.5 Å². The van der Waals surface area contributed by atoms with Gasteiger partial charge in [-0.3, -0.25) is 4.79 Å². The number of nitrogens with zero attached hydrogens (tertiary/aromatic N) is 3. The highest BCUT2D eigenvalue weighted by Crippen LogP contribution is 2.36. The number of piperazine rings is 1. The first-order chi connectivity index (χ1) is 11.7. The fourth-order valence-electron chi connectivity index (χ4n) is 3.13. The molecule has 0 bridgehead atoms. The van der Waals surface area contributed by atoms with Crippen LogP contribution in [0.2, 0.25) is 0 Å². The number of allylic oxidation sites excluding steroid dienone is 4. The van der Waals surface area contributed by atoms with Gasteiger partial charge >= 0.3 is 0 Å². The van der Waals surface area contributed by atoms with Crippen molar-refractivity contribution >= 4 is 15.7 Å². The molecule has 1 heterocycles. The number of amides is 1. The maximum Gasteiger partial charge on any atom is 0.232 e. The summed E-state index contributed by atoms with van der Waals surface area (Å²) in [5, 5.41) is 9.43. The molecular weight excluding hydrogens is 338 g/mol. The van der Waals surface area contributed by atoms with Crippen LogP contribution in [0.1, 0.15) is 26.7 Å². The summed E-state index contributed by atoms with van der Waals surface area (Å²) in [5.74, 6) is 0.0935. The smallest absolute Gasteiger partial charge is 0.232 e. The van der Waals surface area contributed by atoms with E-state index < -0.39 is 15.3 Å². The van der Waals surface area contributed by atoms with Gasteiger partial charge in [-0.1, -0.05) is 11.6 Å². The van der Waals surface area contributed by atoms with E-state index in [9.17, 15) is 13.2 Å². The third-order valence-electron chi connectivity index (χ3n) is 4.93. The average Bonchev–Trinajstić information content (AvgIpc) is 2.60. The van der Waals surface area contributed by atoms with Gasteiger partial charge in [0.1, 0.15) is 0 Å². The Balaban J connectivity index is 2.17. The average molecular weight is 363 g/mol. The molecular formula is C18H25N3O3S. The van der Waals surface area contributed by atoms with Crippen molar-refractivity contribution in [1.29, 1.82) is 5.26 Å². The lowest BCUT2D eigenvalue weighted by Crippen LogP contribution is -2.51. The lowest BCUT2D eigenvalue weighted by atomic mass is 9.78. The highest BCUT2D eigenvalue weighted by Gasteiger charge is 2.37. The van der Waals surface area contributed by atoms with Crippen molar-refractivity contribution < 1.29 is 13.2 Å². The van der Waals surface area contributed by atoms with Gasteiger partial charge in [-0.15, -0.1) is 0 Å². The number of hydrogen-bond acceptors (Lipinski definition) is 5. The molecule has 0 spiro atoms. The van der Waals surface area contributed by atoms with Crippen molar-refractivity contribution in [2.24, 2.45) is 5.41 Å². The van der Waals surface area contributed by atoms with E-state index in [1.807, 2.05) is 25.8 Å². The second-order valence-electron chi connectivity index (χ2n) is 7.02. The third kappa shape index (κ3) is 4.39. The van der Waals surface area contributed by atoms with Gasteiger partial charge in [-0.2, -0.15) is 5.26 Å². The molecule has 7 heteroatoms. The van der Waals surface area contributed by atoms with Gasteiger partial charge < -0.3 is 9.80 Å². The summed E-state index contributed by atoms with van der Waals surface area (Å²) in [7, 11) is -1.50. The number of likely N-dealkylation sites (N-methyl/N-ethyl adjacent to an activating group) is 1. The number of nitriles is 1. The van der Waals surface area contributed by atoms with Crippen LogP contribution in [0.4, 0.5) is 0 Å². The SMILES string of the molecule is CN1CCN(C(=O)C(C)(C)C2=CC=C(S(=O)(=O)/C=C/C#N)CC2)CC1. The first kappa shape index (κ1) is 19.4. The molecule has 1 aliphatic carbocycles. The molecule has 6 nitrogen and oxygen atoms in total. The standard InChI is InChI=1S/C18H25N3O3S/c1-18(2,17(22)21-12-10-20(3)11-13-21)15-5-7-16(8-6-15)25(23,24)14-4-9-19/h4-5,7,14H,6,8,10-13H2,1-3H3/b14-4+. The van der Waals surface area contributed by atoms with Crippen molar-refractivity contribution in [3.05, 3.63) is 34.1 Å². The van der Waals surface area contributed by atoms with E-state index >= 15 is 0 Å². The molecule has 1 saturated heterocycles. The van der Waals surface area contributed by atoms with E-state index in [0.29, 0.717) is 12.8 Å². The Morgan fingerprint density at radius 1 is 1.20 bits per heavy atom. The molecule has 0 aromatic rings. The molecule has 0 unspecified atom stereocenters. The van der Waals surface area contributed by atoms with E-state index in [4.69, 9.17) is 5.26 Å². The molecule has 136 valence electrons. The second-order valence-corrected chi connectivity index (χ2v) is 8.91.